The van der Waals surface area contributed by atoms with Crippen molar-refractivity contribution in [3.63, 3.8) is 0 Å². The fourth-order valence-electron chi connectivity index (χ4n) is 2.27. The molecule has 0 aromatic heterocycles. The van der Waals surface area contributed by atoms with E-state index in [2.05, 4.69) is 26.3 Å². The van der Waals surface area contributed by atoms with Crippen LogP contribution in [0.25, 0.3) is 0 Å². The number of rotatable bonds is 5. The molecule has 1 aliphatic rings. The second-order valence-corrected chi connectivity index (χ2v) is 7.02. The lowest BCUT2D eigenvalue weighted by atomic mass is 9.98. The predicted octanol–water partition coefficient (Wildman–Crippen LogP) is 2.16. The molecule has 24 heavy (non-hydrogen) atoms. The van der Waals surface area contributed by atoms with Gasteiger partial charge in [-0.25, -0.2) is 9.80 Å². The zero-order valence-electron chi connectivity index (χ0n) is 13.5. The first kappa shape index (κ1) is 18.1. The van der Waals surface area contributed by atoms with E-state index < -0.39 is 23.3 Å². The Labute approximate surface area is 147 Å². The number of benzene rings is 1. The molecule has 0 aliphatic carbocycles. The van der Waals surface area contributed by atoms with Gasteiger partial charge in [-0.05, 0) is 39.0 Å². The van der Waals surface area contributed by atoms with Crippen LogP contribution < -0.4 is 10.3 Å². The maximum atomic E-state index is 12.6. The molecule has 0 spiro atoms. The van der Waals surface area contributed by atoms with Gasteiger partial charge in [-0.3, -0.25) is 9.59 Å². The molecule has 2 N–H and O–H groups in total. The number of aliphatic carboxylic acids is 1. The highest BCUT2D eigenvalue weighted by atomic mass is 79.9. The highest BCUT2D eigenvalue weighted by Crippen LogP contribution is 2.27. The fourth-order valence-corrected chi connectivity index (χ4v) is 2.66. The van der Waals surface area contributed by atoms with Gasteiger partial charge in [-0.2, -0.15) is 5.10 Å². The summed E-state index contributed by atoms with van der Waals surface area (Å²) < 4.78 is 0.810. The molecule has 2 rings (SSSR count). The van der Waals surface area contributed by atoms with E-state index in [0.717, 1.165) is 4.47 Å². The number of nitrogens with zero attached hydrogens (tertiary/aromatic N) is 2. The van der Waals surface area contributed by atoms with Crippen LogP contribution in [0.1, 0.15) is 27.2 Å². The van der Waals surface area contributed by atoms with Gasteiger partial charge in [0.2, 0.25) is 5.91 Å². The minimum atomic E-state index is -1.40. The predicted molar refractivity (Wildman–Crippen MR) is 92.7 cm³/mol. The van der Waals surface area contributed by atoms with Gasteiger partial charge in [0.15, 0.2) is 0 Å². The minimum Gasteiger partial charge on any atom is -0.480 e. The molecule has 0 radical (unpaired) electrons. The molecule has 1 aliphatic heterocycles. The van der Waals surface area contributed by atoms with E-state index in [0.29, 0.717) is 11.4 Å². The smallest absolute Gasteiger partial charge is 0.328 e. The number of carboxylic acids is 1. The summed E-state index contributed by atoms with van der Waals surface area (Å²) in [4.78, 5) is 35.7. The molecule has 0 bridgehead atoms. The van der Waals surface area contributed by atoms with Gasteiger partial charge in [0.05, 0.1) is 11.6 Å². The summed E-state index contributed by atoms with van der Waals surface area (Å²) in [5.41, 5.74) is -0.279. The summed E-state index contributed by atoms with van der Waals surface area (Å²) in [5.74, 6) is -2.66. The Bertz CT molecular complexity index is 730. The summed E-state index contributed by atoms with van der Waals surface area (Å²) in [6.45, 7) is 4.45. The van der Waals surface area contributed by atoms with Crippen molar-refractivity contribution >= 4 is 45.1 Å². The average molecular weight is 396 g/mol. The third-order valence-corrected chi connectivity index (χ3v) is 4.19. The van der Waals surface area contributed by atoms with E-state index >= 15 is 0 Å². The third kappa shape index (κ3) is 3.81. The van der Waals surface area contributed by atoms with Gasteiger partial charge in [-0.15, -0.1) is 0 Å². The number of carboxylic acid groups (broad SMARTS) is 1. The number of anilines is 1. The first-order chi connectivity index (χ1) is 11.1. The van der Waals surface area contributed by atoms with Crippen molar-refractivity contribution in [1.82, 2.24) is 5.32 Å². The number of nitrogens with one attached hydrogen (secondary N) is 1. The summed E-state index contributed by atoms with van der Waals surface area (Å²) in [6, 6.07) is 7.12. The molecule has 7 nitrogen and oxygen atoms in total. The van der Waals surface area contributed by atoms with E-state index in [4.69, 9.17) is 5.11 Å². The standard InChI is InChI=1S/C16H18BrN3O4/c1-9-12(8-13(21)18-16(2,3)15(23)24)14(22)20(19-9)11-6-4-5-10(17)7-11/h4-7,12H,8H2,1-3H3,(H,18,21)(H,23,24). The van der Waals surface area contributed by atoms with Crippen LogP contribution >= 0.6 is 15.9 Å². The molecular weight excluding hydrogens is 378 g/mol. The molecule has 1 aromatic carbocycles. The Morgan fingerprint density at radius 3 is 2.67 bits per heavy atom. The van der Waals surface area contributed by atoms with E-state index in [1.807, 2.05) is 6.07 Å². The topological polar surface area (TPSA) is 99.1 Å². The molecule has 1 unspecified atom stereocenters. The highest BCUT2D eigenvalue weighted by Gasteiger charge is 2.37. The lowest BCUT2D eigenvalue weighted by molar-refractivity contribution is -0.146. The second kappa shape index (κ2) is 6.72. The van der Waals surface area contributed by atoms with Crippen LogP contribution in [-0.2, 0) is 14.4 Å². The Kier molecular flexibility index (Phi) is 5.08. The molecule has 8 heteroatoms. The number of hydrogen-bond donors (Lipinski definition) is 2. The Morgan fingerprint density at radius 2 is 2.08 bits per heavy atom. The molecular formula is C16H18BrN3O4. The maximum absolute atomic E-state index is 12.6. The van der Waals surface area contributed by atoms with Gasteiger partial charge in [0, 0.05) is 16.6 Å². The van der Waals surface area contributed by atoms with Crippen LogP contribution in [-0.4, -0.2) is 34.1 Å². The highest BCUT2D eigenvalue weighted by molar-refractivity contribution is 9.10. The number of halogens is 1. The molecule has 1 atom stereocenters. The molecule has 1 heterocycles. The first-order valence-electron chi connectivity index (χ1n) is 7.31. The van der Waals surface area contributed by atoms with Crippen LogP contribution in [0, 0.1) is 5.92 Å². The van der Waals surface area contributed by atoms with Crippen molar-refractivity contribution < 1.29 is 19.5 Å². The van der Waals surface area contributed by atoms with Crippen LogP contribution in [0.4, 0.5) is 5.69 Å². The first-order valence-corrected chi connectivity index (χ1v) is 8.10. The summed E-state index contributed by atoms with van der Waals surface area (Å²) >= 11 is 3.34. The van der Waals surface area contributed by atoms with Crippen LogP contribution in [0.15, 0.2) is 33.8 Å². The second-order valence-electron chi connectivity index (χ2n) is 6.11. The van der Waals surface area contributed by atoms with Crippen molar-refractivity contribution in [2.24, 2.45) is 11.0 Å². The maximum Gasteiger partial charge on any atom is 0.328 e. The number of carbonyl (C=O) groups is 3. The minimum absolute atomic E-state index is 0.143. The molecule has 0 saturated carbocycles. The summed E-state index contributed by atoms with van der Waals surface area (Å²) in [6.07, 6.45) is -0.143. The SMILES string of the molecule is CC1=NN(c2cccc(Br)c2)C(=O)C1CC(=O)NC(C)(C)C(=O)O. The third-order valence-electron chi connectivity index (χ3n) is 3.70. The Hall–Kier alpha value is -2.22. The largest absolute Gasteiger partial charge is 0.480 e. The lowest BCUT2D eigenvalue weighted by Gasteiger charge is -2.22. The van der Waals surface area contributed by atoms with Gasteiger partial charge in [0.1, 0.15) is 5.54 Å². The van der Waals surface area contributed by atoms with Crippen molar-refractivity contribution in [1.29, 1.82) is 0 Å². The van der Waals surface area contributed by atoms with Crippen LogP contribution in [0.5, 0.6) is 0 Å². The van der Waals surface area contributed by atoms with Crippen molar-refractivity contribution in [3.8, 4) is 0 Å². The molecule has 2 amide bonds. The lowest BCUT2D eigenvalue weighted by Crippen LogP contribution is -2.50. The fraction of sp³-hybridized carbons (Fsp3) is 0.375. The zero-order valence-corrected chi connectivity index (χ0v) is 15.1. The van der Waals surface area contributed by atoms with E-state index in [9.17, 15) is 14.4 Å². The average Bonchev–Trinajstić information content (AvgIpc) is 2.74. The number of hydrogen-bond acceptors (Lipinski definition) is 4. The Morgan fingerprint density at radius 1 is 1.42 bits per heavy atom. The molecule has 0 saturated heterocycles. The molecule has 1 aromatic rings. The summed E-state index contributed by atoms with van der Waals surface area (Å²) in [5, 5.41) is 17.0. The van der Waals surface area contributed by atoms with Crippen molar-refractivity contribution in [3.05, 3.63) is 28.7 Å². The van der Waals surface area contributed by atoms with Gasteiger partial charge in [0.25, 0.3) is 5.91 Å². The quantitative estimate of drug-likeness (QED) is 0.797. The van der Waals surface area contributed by atoms with Gasteiger partial charge in [-0.1, -0.05) is 22.0 Å². The number of amides is 2. The Balaban J connectivity index is 2.11. The van der Waals surface area contributed by atoms with Gasteiger partial charge < -0.3 is 10.4 Å². The zero-order chi connectivity index (χ0) is 18.1. The van der Waals surface area contributed by atoms with E-state index in [1.54, 1.807) is 25.1 Å². The number of carbonyl (C=O) groups excluding carboxylic acids is 2. The van der Waals surface area contributed by atoms with Crippen LogP contribution in [0.2, 0.25) is 0 Å². The summed E-state index contributed by atoms with van der Waals surface area (Å²) in [7, 11) is 0. The normalized spacial score (nSPS) is 17.7. The van der Waals surface area contributed by atoms with Crippen LogP contribution in [0.3, 0.4) is 0 Å². The van der Waals surface area contributed by atoms with Crippen molar-refractivity contribution in [2.45, 2.75) is 32.7 Å². The molecule has 0 fully saturated rings. The van der Waals surface area contributed by atoms with E-state index in [1.165, 1.54) is 18.9 Å². The van der Waals surface area contributed by atoms with E-state index in [-0.39, 0.29) is 12.3 Å². The van der Waals surface area contributed by atoms with Gasteiger partial charge >= 0.3 is 5.97 Å². The number of hydrazone groups is 1. The monoisotopic (exact) mass is 395 g/mol. The van der Waals surface area contributed by atoms with Crippen molar-refractivity contribution in [2.75, 3.05) is 5.01 Å². The molecule has 128 valence electrons.